The molecule has 0 bridgehead atoms. The summed E-state index contributed by atoms with van der Waals surface area (Å²) in [5, 5.41) is 0. The molecule has 4 heavy (non-hydrogen) atoms. The molecule has 0 spiro atoms. The van der Waals surface area contributed by atoms with Gasteiger partial charge >= 0.3 is 103 Å². The van der Waals surface area contributed by atoms with Gasteiger partial charge in [-0.25, -0.2) is 0 Å². The minimum atomic E-state index is 0. The molecule has 0 aliphatic rings. The van der Waals surface area contributed by atoms with Gasteiger partial charge in [-0.05, 0) is 0 Å². The van der Waals surface area contributed by atoms with E-state index in [1.54, 1.807) is 0 Å². The molecule has 4 heteroatoms. The molecule has 0 fully saturated rings. The average molecular weight is 285 g/mol. The molecular weight excluding hydrogens is 285 g/mol. The summed E-state index contributed by atoms with van der Waals surface area (Å²) in [6, 6.07) is 0. The third-order valence-electron chi connectivity index (χ3n) is 0. The smallest absolute Gasteiger partial charge is 1.00 e. The van der Waals surface area contributed by atoms with Crippen molar-refractivity contribution in [1.29, 1.82) is 0 Å². The maximum Gasteiger partial charge on any atom is 1.00 e. The van der Waals surface area contributed by atoms with Gasteiger partial charge in [0.05, 0.1) is 0 Å². The van der Waals surface area contributed by atoms with Crippen LogP contribution in [0.1, 0.15) is 0 Å². The van der Waals surface area contributed by atoms with Crippen LogP contribution >= 0.6 is 0 Å². The van der Waals surface area contributed by atoms with Crippen molar-refractivity contribution in [3.63, 3.8) is 0 Å². The third kappa shape index (κ3) is 9.70. The first-order chi connectivity index (χ1) is 0. The van der Waals surface area contributed by atoms with Crippen LogP contribution in [0.4, 0.5) is 0 Å². The van der Waals surface area contributed by atoms with Gasteiger partial charge in [-0.15, -0.1) is 0 Å². The van der Waals surface area contributed by atoms with E-state index in [1.165, 1.54) is 0 Å². The van der Waals surface area contributed by atoms with Crippen molar-refractivity contribution in [3.8, 4) is 0 Å². The molecule has 0 rings (SSSR count). The Labute approximate surface area is 139 Å². The van der Waals surface area contributed by atoms with Crippen LogP contribution in [-0.4, -0.2) is 0 Å². The fourth-order valence-corrected chi connectivity index (χ4v) is 0. The quantitative estimate of drug-likeness (QED) is 0.306. The Morgan fingerprint density at radius 2 is 0.750 bits per heavy atom. The maximum atomic E-state index is 0. The fourth-order valence-electron chi connectivity index (χ4n) is 0. The zero-order chi connectivity index (χ0) is 0. The van der Waals surface area contributed by atoms with Crippen LogP contribution in [0.3, 0.4) is 0 Å². The summed E-state index contributed by atoms with van der Waals surface area (Å²) in [6.07, 6.45) is 0. The van der Waals surface area contributed by atoms with Crippen LogP contribution < -0.4 is 144 Å². The largest absolute Gasteiger partial charge is 1.00 e. The molecule has 0 aromatic rings. The van der Waals surface area contributed by atoms with Crippen LogP contribution in [0.2, 0.25) is 0 Å². The topological polar surface area (TPSA) is 0 Å². The van der Waals surface area contributed by atoms with E-state index in [-0.39, 0.29) is 144 Å². The first-order valence-corrected chi connectivity index (χ1v) is 0. The zero-order valence-electron chi connectivity index (χ0n) is 2.76. The Morgan fingerprint density at radius 1 is 0.750 bits per heavy atom. The molecule has 0 saturated carbocycles. The predicted octanol–water partition coefficient (Wildman–Crippen LogP) is -12.0. The van der Waals surface area contributed by atoms with Gasteiger partial charge in [0.2, 0.25) is 0 Å². The average Bonchev–Trinajstić information content (AvgIpc) is 0. The van der Waals surface area contributed by atoms with Crippen molar-refractivity contribution in [1.82, 2.24) is 0 Å². The van der Waals surface area contributed by atoms with Crippen molar-refractivity contribution in [3.05, 3.63) is 0 Å². The summed E-state index contributed by atoms with van der Waals surface area (Å²) < 4.78 is 0. The van der Waals surface area contributed by atoms with Gasteiger partial charge in [-0.1, -0.05) is 0 Å². The fraction of sp³-hybridized carbons (Fsp3) is 0. The van der Waals surface area contributed by atoms with Gasteiger partial charge < -0.3 is 41.0 Å². The second kappa shape index (κ2) is 15.6. The molecule has 0 aliphatic carbocycles. The van der Waals surface area contributed by atoms with Crippen LogP contribution in [0.5, 0.6) is 0 Å². The first kappa shape index (κ1) is 23.6. The second-order valence-corrected chi connectivity index (χ2v) is 0. The Hall–Kier alpha value is 4.48. The summed E-state index contributed by atoms with van der Waals surface area (Å²) in [6.45, 7) is 0. The van der Waals surface area contributed by atoms with Crippen molar-refractivity contribution in [2.75, 3.05) is 0 Å². The molecule has 0 atom stereocenters. The van der Waals surface area contributed by atoms with Gasteiger partial charge in [0.25, 0.3) is 0 Å². The van der Waals surface area contributed by atoms with Gasteiger partial charge in [-0.3, -0.25) is 0 Å². The van der Waals surface area contributed by atoms with E-state index in [1.807, 2.05) is 0 Å². The Bertz CT molecular complexity index is 6.00. The molecule has 0 aliphatic heterocycles. The van der Waals surface area contributed by atoms with Gasteiger partial charge in [0, 0.05) is 0 Å². The normalized spacial score (nSPS) is 0. The third-order valence-corrected chi connectivity index (χ3v) is 0. The number of hydrogen-bond acceptors (Lipinski definition) is 0. The maximum absolute atomic E-state index is 0. The molecule has 0 saturated heterocycles. The van der Waals surface area contributed by atoms with Crippen molar-refractivity contribution in [2.24, 2.45) is 0 Å². The van der Waals surface area contributed by atoms with Crippen LogP contribution in [0.25, 0.3) is 0 Å². The number of hydrogen-bond donors (Lipinski definition) is 0. The molecular formula is BrIK2. The van der Waals surface area contributed by atoms with Crippen LogP contribution in [0.15, 0.2) is 0 Å². The first-order valence-electron chi connectivity index (χ1n) is 0. The van der Waals surface area contributed by atoms with Gasteiger partial charge in [-0.2, -0.15) is 0 Å². The Kier molecular flexibility index (Phi) is 92.5. The van der Waals surface area contributed by atoms with E-state index in [2.05, 4.69) is 0 Å². The molecule has 0 radical (unpaired) electrons. The van der Waals surface area contributed by atoms with E-state index in [0.717, 1.165) is 0 Å². The molecule has 0 N–H and O–H groups in total. The molecule has 0 unspecified atom stereocenters. The van der Waals surface area contributed by atoms with E-state index in [0.29, 0.717) is 0 Å². The molecule has 0 amide bonds. The SMILES string of the molecule is [Br-].[I-].[K+].[K+]. The minimum Gasteiger partial charge on any atom is -1.00 e. The Morgan fingerprint density at radius 3 is 0.750 bits per heavy atom. The Balaban J connectivity index is 0. The van der Waals surface area contributed by atoms with Crippen LogP contribution in [-0.2, 0) is 0 Å². The number of rotatable bonds is 0. The summed E-state index contributed by atoms with van der Waals surface area (Å²) in [7, 11) is 0. The zero-order valence-corrected chi connectivity index (χ0v) is 12.7. The van der Waals surface area contributed by atoms with E-state index < -0.39 is 0 Å². The van der Waals surface area contributed by atoms with E-state index in [9.17, 15) is 0 Å². The van der Waals surface area contributed by atoms with E-state index in [4.69, 9.17) is 0 Å². The molecule has 16 valence electrons. The molecule has 0 aromatic carbocycles. The van der Waals surface area contributed by atoms with Gasteiger partial charge in [0.1, 0.15) is 0 Å². The summed E-state index contributed by atoms with van der Waals surface area (Å²) in [4.78, 5) is 0. The van der Waals surface area contributed by atoms with Crippen molar-refractivity contribution in [2.45, 2.75) is 0 Å². The van der Waals surface area contributed by atoms with Crippen LogP contribution in [0, 0.1) is 0 Å². The van der Waals surface area contributed by atoms with Gasteiger partial charge in [0.15, 0.2) is 0 Å². The second-order valence-electron chi connectivity index (χ2n) is 0. The number of halogens is 2. The molecule has 0 heterocycles. The summed E-state index contributed by atoms with van der Waals surface area (Å²) >= 11 is 0. The molecule has 0 aromatic heterocycles. The monoisotopic (exact) mass is 284 g/mol. The summed E-state index contributed by atoms with van der Waals surface area (Å²) in [5.74, 6) is 0. The van der Waals surface area contributed by atoms with Crippen molar-refractivity contribution >= 4 is 0 Å². The standard InChI is InChI=1S/BrH.HI.2K/h2*1H;;/q;;2*+1/p-2. The predicted molar refractivity (Wildman–Crippen MR) is 0 cm³/mol. The summed E-state index contributed by atoms with van der Waals surface area (Å²) in [5.41, 5.74) is 0. The van der Waals surface area contributed by atoms with E-state index >= 15 is 0 Å². The molecule has 0 nitrogen and oxygen atoms in total. The van der Waals surface area contributed by atoms with Crippen molar-refractivity contribution < 1.29 is 144 Å². The minimum absolute atomic E-state index is 0.